The van der Waals surface area contributed by atoms with Crippen molar-refractivity contribution in [2.45, 2.75) is 73.0 Å². The molecule has 0 spiro atoms. The predicted molar refractivity (Wildman–Crippen MR) is 137 cm³/mol. The van der Waals surface area contributed by atoms with Gasteiger partial charge in [-0.15, -0.1) is 0 Å². The quantitative estimate of drug-likeness (QED) is 0.478. The molecule has 1 amide bonds. The molecule has 0 radical (unpaired) electrons. The highest BCUT2D eigenvalue weighted by molar-refractivity contribution is 6.06. The molecule has 3 rings (SSSR count). The van der Waals surface area contributed by atoms with Crippen LogP contribution in [0.1, 0.15) is 59.2 Å². The molecule has 0 saturated heterocycles. The van der Waals surface area contributed by atoms with Crippen LogP contribution in [0.3, 0.4) is 0 Å². The summed E-state index contributed by atoms with van der Waals surface area (Å²) >= 11 is 0. The molecule has 1 unspecified atom stereocenters. The molecule has 7 nitrogen and oxygen atoms in total. The number of ether oxygens (including phenoxy) is 2. The van der Waals surface area contributed by atoms with Crippen LogP contribution in [-0.2, 0) is 18.2 Å². The molecular weight excluding hydrogens is 430 g/mol. The van der Waals surface area contributed by atoms with Crippen molar-refractivity contribution in [1.82, 2.24) is 14.9 Å². The number of amides is 1. The van der Waals surface area contributed by atoms with Crippen molar-refractivity contribution in [3.8, 4) is 5.75 Å². The zero-order valence-electron chi connectivity index (χ0n) is 21.6. The SMILES string of the molecule is CCc1cc2c3ccnc(C)c3c(=O)n(C)c2cc1OCC(CC(C)C)NC(=O)OC(C)(C)C. The molecule has 7 heteroatoms. The Morgan fingerprint density at radius 1 is 1.21 bits per heavy atom. The molecule has 1 aromatic carbocycles. The smallest absolute Gasteiger partial charge is 0.407 e. The van der Waals surface area contributed by atoms with Crippen LogP contribution in [0, 0.1) is 12.8 Å². The minimum Gasteiger partial charge on any atom is -0.491 e. The number of aromatic nitrogens is 2. The Hall–Kier alpha value is -3.09. The Kier molecular flexibility index (Phi) is 7.54. The van der Waals surface area contributed by atoms with Crippen molar-refractivity contribution in [3.05, 3.63) is 46.0 Å². The second-order valence-electron chi connectivity index (χ2n) is 10.3. The lowest BCUT2D eigenvalue weighted by molar-refractivity contribution is 0.0480. The molecule has 0 aliphatic heterocycles. The zero-order chi connectivity index (χ0) is 25.2. The summed E-state index contributed by atoms with van der Waals surface area (Å²) in [6.07, 6.45) is 2.82. The van der Waals surface area contributed by atoms with Crippen molar-refractivity contribution < 1.29 is 14.3 Å². The number of nitrogens with one attached hydrogen (secondary N) is 1. The van der Waals surface area contributed by atoms with Gasteiger partial charge in [-0.1, -0.05) is 20.8 Å². The Labute approximate surface area is 201 Å². The van der Waals surface area contributed by atoms with E-state index in [1.807, 2.05) is 39.8 Å². The van der Waals surface area contributed by atoms with Crippen molar-refractivity contribution in [2.75, 3.05) is 6.61 Å². The minimum absolute atomic E-state index is 0.0763. The largest absolute Gasteiger partial charge is 0.491 e. The lowest BCUT2D eigenvalue weighted by atomic mass is 10.0. The van der Waals surface area contributed by atoms with Gasteiger partial charge in [0.15, 0.2) is 0 Å². The van der Waals surface area contributed by atoms with Gasteiger partial charge in [0.05, 0.1) is 22.6 Å². The monoisotopic (exact) mass is 467 g/mol. The number of benzene rings is 1. The summed E-state index contributed by atoms with van der Waals surface area (Å²) in [6.45, 7) is 14.0. The third kappa shape index (κ3) is 5.69. The molecule has 0 aliphatic carbocycles. The number of carbonyl (C=O) groups is 1. The number of carbonyl (C=O) groups excluding carboxylic acids is 1. The zero-order valence-corrected chi connectivity index (χ0v) is 21.6. The molecule has 0 bridgehead atoms. The van der Waals surface area contributed by atoms with Gasteiger partial charge >= 0.3 is 6.09 Å². The highest BCUT2D eigenvalue weighted by atomic mass is 16.6. The second kappa shape index (κ2) is 10.0. The predicted octanol–water partition coefficient (Wildman–Crippen LogP) is 5.28. The van der Waals surface area contributed by atoms with Gasteiger partial charge in [0.2, 0.25) is 0 Å². The molecule has 1 N–H and O–H groups in total. The van der Waals surface area contributed by atoms with Gasteiger partial charge < -0.3 is 19.4 Å². The van der Waals surface area contributed by atoms with Crippen LogP contribution in [0.25, 0.3) is 21.7 Å². The van der Waals surface area contributed by atoms with E-state index in [0.29, 0.717) is 17.9 Å². The molecule has 3 aromatic rings. The van der Waals surface area contributed by atoms with Crippen LogP contribution in [-0.4, -0.2) is 33.9 Å². The van der Waals surface area contributed by atoms with Crippen molar-refractivity contribution in [3.63, 3.8) is 0 Å². The Bertz CT molecular complexity index is 1250. The van der Waals surface area contributed by atoms with Crippen molar-refractivity contribution >= 4 is 27.8 Å². The normalized spacial score (nSPS) is 12.9. The summed E-state index contributed by atoms with van der Waals surface area (Å²) < 4.78 is 13.4. The topological polar surface area (TPSA) is 82.5 Å². The van der Waals surface area contributed by atoms with Crippen LogP contribution in [0.4, 0.5) is 4.79 Å². The van der Waals surface area contributed by atoms with Gasteiger partial charge in [0.25, 0.3) is 5.56 Å². The maximum absolute atomic E-state index is 13.1. The van der Waals surface area contributed by atoms with Crippen LogP contribution >= 0.6 is 0 Å². The number of hydrogen-bond donors (Lipinski definition) is 1. The molecule has 0 saturated carbocycles. The fourth-order valence-corrected chi connectivity index (χ4v) is 4.26. The average molecular weight is 468 g/mol. The molecule has 0 fully saturated rings. The maximum atomic E-state index is 13.1. The first-order valence-corrected chi connectivity index (χ1v) is 11.9. The summed E-state index contributed by atoms with van der Waals surface area (Å²) in [5, 5.41) is 5.49. The first-order chi connectivity index (χ1) is 15.9. The molecule has 184 valence electrons. The molecule has 1 atom stereocenters. The lowest BCUT2D eigenvalue weighted by Gasteiger charge is -2.25. The van der Waals surface area contributed by atoms with Crippen molar-refractivity contribution in [1.29, 1.82) is 0 Å². The van der Waals surface area contributed by atoms with E-state index in [9.17, 15) is 9.59 Å². The molecule has 34 heavy (non-hydrogen) atoms. The Balaban J connectivity index is 1.97. The van der Waals surface area contributed by atoms with Gasteiger partial charge in [-0.3, -0.25) is 9.78 Å². The van der Waals surface area contributed by atoms with Gasteiger partial charge in [0.1, 0.15) is 18.0 Å². The van der Waals surface area contributed by atoms with E-state index in [4.69, 9.17) is 9.47 Å². The third-order valence-electron chi connectivity index (χ3n) is 5.79. The number of rotatable bonds is 7. The highest BCUT2D eigenvalue weighted by Crippen LogP contribution is 2.31. The van der Waals surface area contributed by atoms with E-state index in [2.05, 4.69) is 37.1 Å². The average Bonchev–Trinajstić information content (AvgIpc) is 2.73. The highest BCUT2D eigenvalue weighted by Gasteiger charge is 2.21. The standard InChI is InChI=1S/C27H37N3O4/c1-9-18-13-21-20-10-11-28-17(4)24(20)25(31)30(8)22(21)14-23(18)33-15-19(12-16(2)3)29-26(32)34-27(5,6)7/h10-11,13-14,16,19H,9,12,15H2,1-8H3,(H,29,32). The van der Waals surface area contributed by atoms with E-state index in [0.717, 1.165) is 46.1 Å². The van der Waals surface area contributed by atoms with Gasteiger partial charge in [-0.25, -0.2) is 4.79 Å². The summed E-state index contributed by atoms with van der Waals surface area (Å²) in [6, 6.07) is 5.73. The molecular formula is C27H37N3O4. The number of pyridine rings is 2. The van der Waals surface area contributed by atoms with E-state index in [-0.39, 0.29) is 11.6 Å². The summed E-state index contributed by atoms with van der Waals surface area (Å²) in [5.74, 6) is 1.09. The molecule has 0 aliphatic rings. The summed E-state index contributed by atoms with van der Waals surface area (Å²) in [7, 11) is 1.78. The Morgan fingerprint density at radius 3 is 2.53 bits per heavy atom. The van der Waals surface area contributed by atoms with Crippen LogP contribution in [0.15, 0.2) is 29.2 Å². The second-order valence-corrected chi connectivity index (χ2v) is 10.3. The lowest BCUT2D eigenvalue weighted by Crippen LogP contribution is -2.42. The first-order valence-electron chi connectivity index (χ1n) is 11.9. The fraction of sp³-hybridized carbons (Fsp3) is 0.519. The number of nitrogens with zero attached hydrogens (tertiary/aromatic N) is 2. The van der Waals surface area contributed by atoms with E-state index < -0.39 is 11.7 Å². The van der Waals surface area contributed by atoms with Crippen LogP contribution in [0.2, 0.25) is 0 Å². The fourth-order valence-electron chi connectivity index (χ4n) is 4.26. The van der Waals surface area contributed by atoms with E-state index in [1.165, 1.54) is 0 Å². The Morgan fingerprint density at radius 2 is 1.91 bits per heavy atom. The van der Waals surface area contributed by atoms with Crippen molar-refractivity contribution in [2.24, 2.45) is 13.0 Å². The first kappa shape index (κ1) is 25.5. The van der Waals surface area contributed by atoms with Gasteiger partial charge in [0, 0.05) is 24.7 Å². The maximum Gasteiger partial charge on any atom is 0.407 e. The van der Waals surface area contributed by atoms with Gasteiger partial charge in [-0.2, -0.15) is 0 Å². The van der Waals surface area contributed by atoms with E-state index >= 15 is 0 Å². The minimum atomic E-state index is -0.567. The molecule has 2 heterocycles. The number of hydrogen-bond acceptors (Lipinski definition) is 5. The number of alkyl carbamates (subject to hydrolysis) is 1. The molecule has 2 aromatic heterocycles. The third-order valence-corrected chi connectivity index (χ3v) is 5.79. The van der Waals surface area contributed by atoms with E-state index in [1.54, 1.807) is 17.8 Å². The summed E-state index contributed by atoms with van der Waals surface area (Å²) in [4.78, 5) is 29.7. The van der Waals surface area contributed by atoms with Crippen LogP contribution in [0.5, 0.6) is 5.75 Å². The van der Waals surface area contributed by atoms with Gasteiger partial charge in [-0.05, 0) is 69.5 Å². The number of fused-ring (bicyclic) bond motifs is 3. The summed E-state index contributed by atoms with van der Waals surface area (Å²) in [5.41, 5.74) is 1.93. The number of aryl methyl sites for hydroxylation is 3. The van der Waals surface area contributed by atoms with Crippen LogP contribution < -0.4 is 15.6 Å².